The van der Waals surface area contributed by atoms with Crippen LogP contribution in [0.1, 0.15) is 34.8 Å². The van der Waals surface area contributed by atoms with Crippen LogP contribution in [0.25, 0.3) is 0 Å². The van der Waals surface area contributed by atoms with E-state index in [-0.39, 0.29) is 22.6 Å². The van der Waals surface area contributed by atoms with Crippen LogP contribution in [0.15, 0.2) is 41.3 Å². The number of carbonyl (C=O) groups is 1. The van der Waals surface area contributed by atoms with Crippen LogP contribution in [0.3, 0.4) is 0 Å². The maximum absolute atomic E-state index is 13.3. The molecular formula is C21H24N2O6S. The molecule has 2 aromatic carbocycles. The van der Waals surface area contributed by atoms with E-state index in [0.29, 0.717) is 36.8 Å². The molecule has 0 saturated carbocycles. The fourth-order valence-corrected chi connectivity index (χ4v) is 4.84. The van der Waals surface area contributed by atoms with Crippen LogP contribution in [0.2, 0.25) is 0 Å². The first-order chi connectivity index (χ1) is 14.4. The number of nitrogens with one attached hydrogen (secondary N) is 1. The molecule has 2 aliphatic rings. The first-order valence-corrected chi connectivity index (χ1v) is 11.2. The van der Waals surface area contributed by atoms with Crippen LogP contribution < -0.4 is 18.9 Å². The summed E-state index contributed by atoms with van der Waals surface area (Å²) in [5.41, 5.74) is 1.27. The molecule has 1 amide bonds. The summed E-state index contributed by atoms with van der Waals surface area (Å²) in [4.78, 5) is 15.0. The molecule has 0 bridgehead atoms. The normalized spacial score (nSPS) is 18.3. The van der Waals surface area contributed by atoms with Crippen molar-refractivity contribution in [3.8, 4) is 17.2 Å². The van der Waals surface area contributed by atoms with Gasteiger partial charge in [-0.2, -0.15) is 0 Å². The van der Waals surface area contributed by atoms with Gasteiger partial charge in [-0.25, -0.2) is 13.1 Å². The van der Waals surface area contributed by atoms with Gasteiger partial charge in [0, 0.05) is 12.1 Å². The van der Waals surface area contributed by atoms with Crippen LogP contribution in [0.4, 0.5) is 0 Å². The Hall–Kier alpha value is -2.78. The lowest BCUT2D eigenvalue weighted by Gasteiger charge is -2.27. The molecule has 4 rings (SSSR count). The molecule has 160 valence electrons. The number of methoxy groups -OCH3 is 1. The van der Waals surface area contributed by atoms with Gasteiger partial charge in [0.1, 0.15) is 23.9 Å². The van der Waals surface area contributed by atoms with Gasteiger partial charge in [-0.05, 0) is 55.8 Å². The predicted molar refractivity (Wildman–Crippen MR) is 110 cm³/mol. The minimum atomic E-state index is -3.77. The van der Waals surface area contributed by atoms with Gasteiger partial charge in [0.25, 0.3) is 5.91 Å². The number of sulfonamides is 1. The Labute approximate surface area is 175 Å². The molecule has 1 saturated heterocycles. The summed E-state index contributed by atoms with van der Waals surface area (Å²) in [5.74, 6) is 1.36. The zero-order valence-corrected chi connectivity index (χ0v) is 17.7. The van der Waals surface area contributed by atoms with Crippen molar-refractivity contribution in [1.82, 2.24) is 9.62 Å². The molecule has 0 spiro atoms. The molecule has 1 fully saturated rings. The van der Waals surface area contributed by atoms with E-state index < -0.39 is 10.0 Å². The van der Waals surface area contributed by atoms with Crippen LogP contribution in [0, 0.1) is 0 Å². The zero-order valence-electron chi connectivity index (χ0n) is 16.9. The molecular weight excluding hydrogens is 408 g/mol. The molecule has 0 radical (unpaired) electrons. The predicted octanol–water partition coefficient (Wildman–Crippen LogP) is 2.35. The number of likely N-dealkylation sites (tertiary alicyclic amines) is 1. The van der Waals surface area contributed by atoms with Gasteiger partial charge in [-0.1, -0.05) is 6.07 Å². The van der Waals surface area contributed by atoms with E-state index in [2.05, 4.69) is 4.72 Å². The molecule has 1 N–H and O–H groups in total. The second kappa shape index (κ2) is 8.16. The topological polar surface area (TPSA) is 94.2 Å². The number of benzene rings is 2. The highest BCUT2D eigenvalue weighted by atomic mass is 32.2. The van der Waals surface area contributed by atoms with Crippen molar-refractivity contribution < 1.29 is 27.4 Å². The van der Waals surface area contributed by atoms with Gasteiger partial charge >= 0.3 is 0 Å². The summed E-state index contributed by atoms with van der Waals surface area (Å²) in [5, 5.41) is 0. The SMILES string of the molecule is CNS(=O)(=O)c1cc(C(=O)N2CCC[C@@H]2c2ccc3c(c2)OCCO3)ccc1OC. The van der Waals surface area contributed by atoms with E-state index in [1.807, 2.05) is 18.2 Å². The van der Waals surface area contributed by atoms with Crippen molar-refractivity contribution in [3.05, 3.63) is 47.5 Å². The molecule has 0 aromatic heterocycles. The Morgan fingerprint density at radius 3 is 2.63 bits per heavy atom. The third-order valence-electron chi connectivity index (χ3n) is 5.43. The molecule has 2 heterocycles. The summed E-state index contributed by atoms with van der Waals surface area (Å²) in [6.45, 7) is 1.62. The molecule has 8 nitrogen and oxygen atoms in total. The lowest BCUT2D eigenvalue weighted by Crippen LogP contribution is -2.31. The quantitative estimate of drug-likeness (QED) is 0.780. The Bertz CT molecular complexity index is 1070. The first-order valence-electron chi connectivity index (χ1n) is 9.76. The monoisotopic (exact) mass is 432 g/mol. The van der Waals surface area contributed by atoms with E-state index in [1.54, 1.807) is 11.0 Å². The van der Waals surface area contributed by atoms with Crippen LogP contribution in [-0.2, 0) is 10.0 Å². The minimum absolute atomic E-state index is 0.0616. The van der Waals surface area contributed by atoms with Gasteiger partial charge in [0.05, 0.1) is 13.2 Å². The average molecular weight is 432 g/mol. The van der Waals surface area contributed by atoms with Gasteiger partial charge in [-0.15, -0.1) is 0 Å². The fraction of sp³-hybridized carbons (Fsp3) is 0.381. The third kappa shape index (κ3) is 3.70. The van der Waals surface area contributed by atoms with Crippen LogP contribution in [-0.4, -0.2) is 53.1 Å². The van der Waals surface area contributed by atoms with E-state index in [9.17, 15) is 13.2 Å². The number of fused-ring (bicyclic) bond motifs is 1. The highest BCUT2D eigenvalue weighted by molar-refractivity contribution is 7.89. The fourth-order valence-electron chi connectivity index (χ4n) is 3.92. The third-order valence-corrected chi connectivity index (χ3v) is 6.87. The Balaban J connectivity index is 1.65. The summed E-state index contributed by atoms with van der Waals surface area (Å²) >= 11 is 0. The highest BCUT2D eigenvalue weighted by Crippen LogP contribution is 2.39. The minimum Gasteiger partial charge on any atom is -0.495 e. The number of nitrogens with zero attached hydrogens (tertiary/aromatic N) is 1. The lowest BCUT2D eigenvalue weighted by molar-refractivity contribution is 0.0735. The summed E-state index contributed by atoms with van der Waals surface area (Å²) in [6.07, 6.45) is 1.69. The van der Waals surface area contributed by atoms with Crippen molar-refractivity contribution in [3.63, 3.8) is 0 Å². The highest BCUT2D eigenvalue weighted by Gasteiger charge is 2.32. The maximum atomic E-state index is 13.3. The van der Waals surface area contributed by atoms with Gasteiger partial charge in [0.15, 0.2) is 11.5 Å². The van der Waals surface area contributed by atoms with Crippen molar-refractivity contribution in [2.75, 3.05) is 33.9 Å². The first kappa shape index (κ1) is 20.5. The van der Waals surface area contributed by atoms with E-state index in [1.165, 1.54) is 26.3 Å². The zero-order chi connectivity index (χ0) is 21.3. The second-order valence-corrected chi connectivity index (χ2v) is 8.99. The number of hydrogen-bond donors (Lipinski definition) is 1. The van der Waals surface area contributed by atoms with E-state index >= 15 is 0 Å². The average Bonchev–Trinajstić information content (AvgIpc) is 3.27. The standard InChI is InChI=1S/C21H24N2O6S/c1-22-30(25,26)20-13-15(6-8-18(20)27-2)21(24)23-9-3-4-16(23)14-5-7-17-19(12-14)29-11-10-28-17/h5-8,12-13,16,22H,3-4,9-11H2,1-2H3/t16-/m1/s1. The van der Waals surface area contributed by atoms with Gasteiger partial charge in [0.2, 0.25) is 10.0 Å². The molecule has 2 aromatic rings. The summed E-state index contributed by atoms with van der Waals surface area (Å²) in [7, 11) is -1.06. The van der Waals surface area contributed by atoms with Crippen LogP contribution >= 0.6 is 0 Å². The Morgan fingerprint density at radius 1 is 1.13 bits per heavy atom. The molecule has 30 heavy (non-hydrogen) atoms. The number of rotatable bonds is 5. The van der Waals surface area contributed by atoms with Gasteiger partial charge in [-0.3, -0.25) is 4.79 Å². The van der Waals surface area contributed by atoms with E-state index in [4.69, 9.17) is 14.2 Å². The lowest BCUT2D eigenvalue weighted by atomic mass is 10.0. The maximum Gasteiger partial charge on any atom is 0.254 e. The Kier molecular flexibility index (Phi) is 5.57. The summed E-state index contributed by atoms with van der Waals surface area (Å²) in [6, 6.07) is 10.1. The molecule has 0 aliphatic carbocycles. The number of carbonyl (C=O) groups excluding carboxylic acids is 1. The molecule has 2 aliphatic heterocycles. The van der Waals surface area contributed by atoms with Crippen LogP contribution in [0.5, 0.6) is 17.2 Å². The largest absolute Gasteiger partial charge is 0.495 e. The van der Waals surface area contributed by atoms with Gasteiger partial charge < -0.3 is 19.1 Å². The summed E-state index contributed by atoms with van der Waals surface area (Å²) < 4.78 is 43.4. The van der Waals surface area contributed by atoms with E-state index in [0.717, 1.165) is 18.4 Å². The van der Waals surface area contributed by atoms with Crippen molar-refractivity contribution >= 4 is 15.9 Å². The smallest absolute Gasteiger partial charge is 0.254 e. The van der Waals surface area contributed by atoms with Crippen molar-refractivity contribution in [1.29, 1.82) is 0 Å². The van der Waals surface area contributed by atoms with Crippen molar-refractivity contribution in [2.24, 2.45) is 0 Å². The molecule has 9 heteroatoms. The number of ether oxygens (including phenoxy) is 3. The second-order valence-electron chi connectivity index (χ2n) is 7.13. The Morgan fingerprint density at radius 2 is 1.90 bits per heavy atom. The molecule has 1 atom stereocenters. The molecule has 0 unspecified atom stereocenters. The number of hydrogen-bond acceptors (Lipinski definition) is 6. The van der Waals surface area contributed by atoms with Crippen molar-refractivity contribution in [2.45, 2.75) is 23.8 Å². The number of amides is 1.